The van der Waals surface area contributed by atoms with E-state index in [-0.39, 0.29) is 36.3 Å². The van der Waals surface area contributed by atoms with Crippen molar-refractivity contribution in [3.05, 3.63) is 52.1 Å². The van der Waals surface area contributed by atoms with E-state index in [0.29, 0.717) is 18.4 Å². The Balaban J connectivity index is 1.50. The van der Waals surface area contributed by atoms with Crippen LogP contribution in [0.5, 0.6) is 5.75 Å². The van der Waals surface area contributed by atoms with Gasteiger partial charge >= 0.3 is 0 Å². The molecule has 6 atom stereocenters. The van der Waals surface area contributed by atoms with E-state index in [4.69, 9.17) is 9.47 Å². The van der Waals surface area contributed by atoms with Crippen LogP contribution in [-0.4, -0.2) is 84.2 Å². The van der Waals surface area contributed by atoms with E-state index in [0.717, 1.165) is 76.0 Å². The highest BCUT2D eigenvalue weighted by Gasteiger charge is 2.72. The molecule has 6 nitrogen and oxygen atoms in total. The molecule has 3 heterocycles. The Bertz CT molecular complexity index is 1080. The molecule has 4 bridgehead atoms. The highest BCUT2D eigenvalue weighted by Crippen LogP contribution is 2.63. The summed E-state index contributed by atoms with van der Waals surface area (Å²) in [6, 6.07) is 8.32. The van der Waals surface area contributed by atoms with Crippen LogP contribution in [0, 0.1) is 17.3 Å². The third kappa shape index (κ3) is 7.86. The fraction of sp³-hybridized carbons (Fsp3) is 0.737. The summed E-state index contributed by atoms with van der Waals surface area (Å²) in [4.78, 5) is 5.57. The number of rotatable bonds is 13. The van der Waals surface area contributed by atoms with Gasteiger partial charge < -0.3 is 19.7 Å². The Morgan fingerprint density at radius 1 is 0.978 bits per heavy atom. The Kier molecular flexibility index (Phi) is 13.7. The predicted molar refractivity (Wildman–Crippen MR) is 192 cm³/mol. The molecule has 3 aliphatic heterocycles. The maximum absolute atomic E-state index is 11.5. The number of unbranched alkanes of at least 4 members (excludes halogenated alkanes) is 1. The van der Waals surface area contributed by atoms with Crippen molar-refractivity contribution in [3.63, 3.8) is 0 Å². The first kappa shape index (κ1) is 35.3. The quantitative estimate of drug-likeness (QED) is 0.124. The minimum absolute atomic E-state index is 0.00423. The number of likely N-dealkylation sites (tertiary alicyclic amines) is 1. The van der Waals surface area contributed by atoms with Gasteiger partial charge in [0.05, 0.1) is 32.5 Å². The van der Waals surface area contributed by atoms with E-state index in [1.807, 2.05) is 12.1 Å². The number of hydrogen-bond acceptors (Lipinski definition) is 6. The molecule has 4 fully saturated rings. The molecule has 1 aromatic rings. The number of allylic oxidation sites excluding steroid dienone is 3. The van der Waals surface area contributed by atoms with Gasteiger partial charge in [-0.05, 0) is 98.2 Å². The summed E-state index contributed by atoms with van der Waals surface area (Å²) in [5.74, 6) is 1.86. The molecule has 0 amide bonds. The molecule has 1 aliphatic carbocycles. The summed E-state index contributed by atoms with van der Waals surface area (Å²) in [5.41, 5.74) is 0.633. The van der Waals surface area contributed by atoms with Crippen molar-refractivity contribution in [1.82, 2.24) is 9.80 Å². The molecule has 4 aliphatic rings. The van der Waals surface area contributed by atoms with Crippen LogP contribution in [0.1, 0.15) is 95.5 Å². The van der Waals surface area contributed by atoms with E-state index < -0.39 is 0 Å². The molecule has 0 spiro atoms. The molecule has 1 saturated carbocycles. The second-order valence-electron chi connectivity index (χ2n) is 14.3. The Hall–Kier alpha value is -0.970. The lowest BCUT2D eigenvalue weighted by Gasteiger charge is -2.66. The summed E-state index contributed by atoms with van der Waals surface area (Å²) in [6.07, 6.45) is 23.3. The van der Waals surface area contributed by atoms with E-state index >= 15 is 0 Å². The zero-order valence-corrected chi connectivity index (χ0v) is 29.9. The molecule has 252 valence electrons. The van der Waals surface area contributed by atoms with E-state index in [9.17, 15) is 10.2 Å². The summed E-state index contributed by atoms with van der Waals surface area (Å²) in [7, 11) is 1.70. The lowest BCUT2D eigenvalue weighted by molar-refractivity contribution is -0.207. The number of benzene rings is 1. The van der Waals surface area contributed by atoms with Crippen molar-refractivity contribution in [2.75, 3.05) is 46.5 Å². The molecule has 2 N–H and O–H groups in total. The third-order valence-corrected chi connectivity index (χ3v) is 12.3. The van der Waals surface area contributed by atoms with Crippen LogP contribution < -0.4 is 4.74 Å². The number of halogens is 1. The molecular weight excluding hydrogens is 675 g/mol. The van der Waals surface area contributed by atoms with Crippen LogP contribution in [0.25, 0.3) is 0 Å². The Morgan fingerprint density at radius 2 is 1.73 bits per heavy atom. The summed E-state index contributed by atoms with van der Waals surface area (Å²) < 4.78 is 14.4. The normalized spacial score (nSPS) is 32.3. The van der Waals surface area contributed by atoms with Crippen LogP contribution in [0.3, 0.4) is 0 Å². The number of piperidine rings is 1. The molecule has 45 heavy (non-hydrogen) atoms. The van der Waals surface area contributed by atoms with Crippen LogP contribution in [0.4, 0.5) is 0 Å². The lowest BCUT2D eigenvalue weighted by Crippen LogP contribution is -2.78. The zero-order valence-electron chi connectivity index (χ0n) is 27.8. The first-order valence-electron chi connectivity index (χ1n) is 18.0. The smallest absolute Gasteiger partial charge is 0.118 e. The van der Waals surface area contributed by atoms with Crippen molar-refractivity contribution in [1.29, 1.82) is 0 Å². The maximum atomic E-state index is 11.5. The summed E-state index contributed by atoms with van der Waals surface area (Å²) in [5, 5.41) is 22.8. The lowest BCUT2D eigenvalue weighted by atomic mass is 9.50. The standard InChI is InChI=1S/C38H59IN2O4/c1-44-33-18-16-31(17-19-33)29-45-35(28-42)38-34-20-25-40-23-14-10-6-3-2-4-8-12-21-37(30-43,36(38)40)26-32(34)27-41(38)24-15-11-7-5-9-13-22-39/h5,7,13,16-19,22,32,34-36,42-43H,2-4,6,8-12,14-15,20-21,23-30H2,1H3/b7-5-,22-13-/t32-,34-,35+,36-,37-,38+/m0/s1. The van der Waals surface area contributed by atoms with Crippen molar-refractivity contribution >= 4 is 22.6 Å². The van der Waals surface area contributed by atoms with Gasteiger partial charge in [0.15, 0.2) is 0 Å². The number of aliphatic hydroxyl groups is 2. The molecule has 0 aromatic heterocycles. The molecule has 0 radical (unpaired) electrons. The molecule has 0 unspecified atom stereocenters. The minimum Gasteiger partial charge on any atom is -0.497 e. The number of nitrogens with zero attached hydrogens (tertiary/aromatic N) is 2. The van der Waals surface area contributed by atoms with Crippen molar-refractivity contribution < 1.29 is 19.7 Å². The average Bonchev–Trinajstić information content (AvgIpc) is 3.31. The van der Waals surface area contributed by atoms with Gasteiger partial charge in [0, 0.05) is 18.0 Å². The highest BCUT2D eigenvalue weighted by atomic mass is 127. The predicted octanol–water partition coefficient (Wildman–Crippen LogP) is 7.52. The first-order valence-corrected chi connectivity index (χ1v) is 19.2. The number of ether oxygens (including phenoxy) is 2. The fourth-order valence-corrected chi connectivity index (χ4v) is 10.2. The summed E-state index contributed by atoms with van der Waals surface area (Å²) >= 11 is 2.28. The molecule has 3 saturated heterocycles. The third-order valence-electron chi connectivity index (χ3n) is 11.7. The number of hydrogen-bond donors (Lipinski definition) is 2. The minimum atomic E-state index is -0.311. The maximum Gasteiger partial charge on any atom is 0.118 e. The molecule has 5 rings (SSSR count). The van der Waals surface area contributed by atoms with Gasteiger partial charge in [-0.3, -0.25) is 9.80 Å². The van der Waals surface area contributed by atoms with Gasteiger partial charge in [-0.15, -0.1) is 0 Å². The van der Waals surface area contributed by atoms with Gasteiger partial charge in [0.2, 0.25) is 0 Å². The zero-order chi connectivity index (χ0) is 31.5. The second-order valence-corrected chi connectivity index (χ2v) is 15.0. The van der Waals surface area contributed by atoms with E-state index in [2.05, 4.69) is 66.8 Å². The fourth-order valence-electron chi connectivity index (χ4n) is 9.93. The highest BCUT2D eigenvalue weighted by molar-refractivity contribution is 14.1. The SMILES string of the molecule is COc1ccc(CO[C@H](CO)[C@@]23[C@H]4CCN5CCCCCCCCCC[C@@](CO)(C[C@H]4CN2CCC/C=C\C/C=C\I)[C@H]53)cc1. The monoisotopic (exact) mass is 734 g/mol. The molecular formula is C38H59IN2O4. The molecule has 7 heteroatoms. The van der Waals surface area contributed by atoms with Gasteiger partial charge in [0.25, 0.3) is 0 Å². The number of aliphatic hydroxyl groups excluding tert-OH is 2. The van der Waals surface area contributed by atoms with Crippen LogP contribution >= 0.6 is 22.6 Å². The largest absolute Gasteiger partial charge is 0.497 e. The van der Waals surface area contributed by atoms with E-state index in [1.54, 1.807) is 7.11 Å². The van der Waals surface area contributed by atoms with Gasteiger partial charge in [-0.1, -0.05) is 97.9 Å². The van der Waals surface area contributed by atoms with Crippen LogP contribution in [0.2, 0.25) is 0 Å². The summed E-state index contributed by atoms with van der Waals surface area (Å²) in [6.45, 7) is 4.96. The van der Waals surface area contributed by atoms with Gasteiger partial charge in [-0.25, -0.2) is 0 Å². The Labute approximate surface area is 286 Å². The van der Waals surface area contributed by atoms with Crippen LogP contribution in [0.15, 0.2) is 46.6 Å². The van der Waals surface area contributed by atoms with Gasteiger partial charge in [0.1, 0.15) is 11.9 Å². The van der Waals surface area contributed by atoms with Crippen molar-refractivity contribution in [3.8, 4) is 5.75 Å². The van der Waals surface area contributed by atoms with Crippen LogP contribution in [-0.2, 0) is 11.3 Å². The molecule has 1 aromatic carbocycles. The second kappa shape index (κ2) is 17.4. The average molecular weight is 735 g/mol. The van der Waals surface area contributed by atoms with Gasteiger partial charge in [-0.2, -0.15) is 0 Å². The van der Waals surface area contributed by atoms with Crippen molar-refractivity contribution in [2.24, 2.45) is 17.3 Å². The first-order chi connectivity index (χ1) is 22.1. The van der Waals surface area contributed by atoms with E-state index in [1.165, 1.54) is 51.4 Å². The van der Waals surface area contributed by atoms with Crippen molar-refractivity contribution in [2.45, 2.75) is 114 Å². The number of methoxy groups -OCH3 is 1. The topological polar surface area (TPSA) is 65.4 Å². The Morgan fingerprint density at radius 3 is 2.44 bits per heavy atom.